The van der Waals surface area contributed by atoms with Crippen molar-refractivity contribution in [3.8, 4) is 5.75 Å². The molecular weight excluding hydrogens is 326 g/mol. The van der Waals surface area contributed by atoms with Gasteiger partial charge in [-0.2, -0.15) is 0 Å². The Balaban J connectivity index is 1.73. The van der Waals surface area contributed by atoms with Crippen molar-refractivity contribution in [1.29, 1.82) is 0 Å². The summed E-state index contributed by atoms with van der Waals surface area (Å²) < 4.78 is 7.02. The third-order valence-electron chi connectivity index (χ3n) is 4.94. The predicted octanol–water partition coefficient (Wildman–Crippen LogP) is 5.22. The molecule has 1 aliphatic carbocycles. The van der Waals surface area contributed by atoms with Crippen molar-refractivity contribution in [3.05, 3.63) is 28.2 Å². The zero-order valence-corrected chi connectivity index (χ0v) is 14.5. The number of ether oxygens (including phenoxy) is 1. The summed E-state index contributed by atoms with van der Waals surface area (Å²) in [5.74, 6) is 1.96. The van der Waals surface area contributed by atoms with E-state index in [0.29, 0.717) is 12.1 Å². The molecule has 0 spiro atoms. The molecule has 0 saturated heterocycles. The van der Waals surface area contributed by atoms with E-state index in [2.05, 4.69) is 46.4 Å². The summed E-state index contributed by atoms with van der Waals surface area (Å²) >= 11 is 3.55. The van der Waals surface area contributed by atoms with Crippen LogP contribution in [0.2, 0.25) is 0 Å². The lowest BCUT2D eigenvalue weighted by molar-refractivity contribution is 0.313. The third-order valence-corrected chi connectivity index (χ3v) is 5.43. The number of rotatable bonds is 2. The Morgan fingerprint density at radius 2 is 2.00 bits per heavy atom. The molecule has 2 nitrogen and oxygen atoms in total. The van der Waals surface area contributed by atoms with E-state index in [9.17, 15) is 0 Å². The number of hydrogen-bond acceptors (Lipinski definition) is 2. The van der Waals surface area contributed by atoms with E-state index in [0.717, 1.165) is 29.2 Å². The van der Waals surface area contributed by atoms with Gasteiger partial charge in [0, 0.05) is 22.1 Å². The van der Waals surface area contributed by atoms with Crippen molar-refractivity contribution < 1.29 is 4.74 Å². The summed E-state index contributed by atoms with van der Waals surface area (Å²) in [4.78, 5) is 0. The van der Waals surface area contributed by atoms with Gasteiger partial charge in [0.25, 0.3) is 0 Å². The molecule has 1 fully saturated rings. The van der Waals surface area contributed by atoms with Gasteiger partial charge in [-0.3, -0.25) is 0 Å². The number of halogens is 1. The number of nitrogens with one attached hydrogen (secondary N) is 1. The average molecular weight is 352 g/mol. The van der Waals surface area contributed by atoms with Gasteiger partial charge in [-0.15, -0.1) is 0 Å². The third kappa shape index (κ3) is 4.01. The van der Waals surface area contributed by atoms with E-state index >= 15 is 0 Å². The molecule has 3 rings (SSSR count). The first-order chi connectivity index (χ1) is 10.2. The van der Waals surface area contributed by atoms with Crippen molar-refractivity contribution in [3.63, 3.8) is 0 Å². The van der Waals surface area contributed by atoms with Crippen LogP contribution in [-0.4, -0.2) is 12.6 Å². The standard InChI is InChI=1S/C18H26BrNO/c1-13-4-2-5-15(9-7-13)20-17-6-3-11-21-18-12-14(19)8-10-16(17)18/h8,10,12-13,15,17,20H,2-7,9,11H2,1H3. The minimum absolute atomic E-state index is 0.453. The highest BCUT2D eigenvalue weighted by molar-refractivity contribution is 9.10. The maximum Gasteiger partial charge on any atom is 0.125 e. The fraction of sp³-hybridized carbons (Fsp3) is 0.667. The maximum atomic E-state index is 5.92. The number of benzene rings is 1. The van der Waals surface area contributed by atoms with Crippen LogP contribution >= 0.6 is 15.9 Å². The average Bonchev–Trinajstić information content (AvgIpc) is 2.78. The molecule has 0 amide bonds. The summed E-state index contributed by atoms with van der Waals surface area (Å²) in [5, 5.41) is 3.94. The lowest BCUT2D eigenvalue weighted by atomic mass is 9.99. The molecule has 1 aliphatic heterocycles. The van der Waals surface area contributed by atoms with Gasteiger partial charge in [-0.05, 0) is 50.2 Å². The van der Waals surface area contributed by atoms with Gasteiger partial charge in [0.15, 0.2) is 0 Å². The van der Waals surface area contributed by atoms with E-state index in [1.54, 1.807) is 0 Å². The molecule has 0 radical (unpaired) electrons. The minimum Gasteiger partial charge on any atom is -0.493 e. The molecule has 116 valence electrons. The second-order valence-corrected chi connectivity index (χ2v) is 7.62. The molecule has 1 aromatic carbocycles. The maximum absolute atomic E-state index is 5.92. The van der Waals surface area contributed by atoms with Crippen LogP contribution in [0.4, 0.5) is 0 Å². The lowest BCUT2D eigenvalue weighted by Crippen LogP contribution is -2.32. The van der Waals surface area contributed by atoms with Crippen LogP contribution in [0.25, 0.3) is 0 Å². The smallest absolute Gasteiger partial charge is 0.125 e. The first-order valence-corrected chi connectivity index (χ1v) is 9.20. The number of fused-ring (bicyclic) bond motifs is 1. The molecule has 1 aromatic rings. The van der Waals surface area contributed by atoms with Crippen LogP contribution in [0.3, 0.4) is 0 Å². The van der Waals surface area contributed by atoms with Crippen molar-refractivity contribution in [1.82, 2.24) is 5.32 Å². The van der Waals surface area contributed by atoms with E-state index in [1.807, 2.05) is 0 Å². The highest BCUT2D eigenvalue weighted by Gasteiger charge is 2.24. The fourth-order valence-corrected chi connectivity index (χ4v) is 4.00. The quantitative estimate of drug-likeness (QED) is 0.737. The van der Waals surface area contributed by atoms with E-state index in [-0.39, 0.29) is 0 Å². The van der Waals surface area contributed by atoms with Crippen LogP contribution in [0.1, 0.15) is 63.5 Å². The van der Waals surface area contributed by atoms with E-state index in [4.69, 9.17) is 4.74 Å². The minimum atomic E-state index is 0.453. The van der Waals surface area contributed by atoms with Crippen molar-refractivity contribution in [2.24, 2.45) is 5.92 Å². The largest absolute Gasteiger partial charge is 0.493 e. The second kappa shape index (κ2) is 7.15. The van der Waals surface area contributed by atoms with Gasteiger partial charge in [0.05, 0.1) is 6.61 Å². The zero-order chi connectivity index (χ0) is 14.7. The fourth-order valence-electron chi connectivity index (χ4n) is 3.66. The molecule has 3 heteroatoms. The molecule has 3 unspecified atom stereocenters. The van der Waals surface area contributed by atoms with Crippen LogP contribution < -0.4 is 10.1 Å². The Kier molecular flexibility index (Phi) is 5.23. The van der Waals surface area contributed by atoms with Crippen LogP contribution in [0, 0.1) is 5.92 Å². The normalized spacial score (nSPS) is 29.9. The van der Waals surface area contributed by atoms with Gasteiger partial charge in [-0.25, -0.2) is 0 Å². The molecule has 1 heterocycles. The zero-order valence-electron chi connectivity index (χ0n) is 12.9. The molecule has 3 atom stereocenters. The van der Waals surface area contributed by atoms with Crippen LogP contribution in [0.5, 0.6) is 5.75 Å². The Bertz CT molecular complexity index is 476. The molecule has 0 bridgehead atoms. The van der Waals surface area contributed by atoms with Gasteiger partial charge < -0.3 is 10.1 Å². The lowest BCUT2D eigenvalue weighted by Gasteiger charge is -2.25. The SMILES string of the molecule is CC1CCCC(NC2CCCOc3cc(Br)ccc32)CC1. The van der Waals surface area contributed by atoms with Crippen LogP contribution in [0.15, 0.2) is 22.7 Å². The van der Waals surface area contributed by atoms with Crippen molar-refractivity contribution in [2.45, 2.75) is 64.0 Å². The van der Waals surface area contributed by atoms with E-state index < -0.39 is 0 Å². The summed E-state index contributed by atoms with van der Waals surface area (Å²) in [6, 6.07) is 7.60. The molecule has 21 heavy (non-hydrogen) atoms. The highest BCUT2D eigenvalue weighted by Crippen LogP contribution is 2.35. The van der Waals surface area contributed by atoms with Gasteiger partial charge >= 0.3 is 0 Å². The molecule has 1 N–H and O–H groups in total. The molecule has 2 aliphatic rings. The molecule has 1 saturated carbocycles. The monoisotopic (exact) mass is 351 g/mol. The van der Waals surface area contributed by atoms with Crippen molar-refractivity contribution >= 4 is 15.9 Å². The summed E-state index contributed by atoms with van der Waals surface area (Å²) in [6.45, 7) is 3.23. The van der Waals surface area contributed by atoms with Gasteiger partial charge in [0.2, 0.25) is 0 Å². The predicted molar refractivity (Wildman–Crippen MR) is 90.8 cm³/mol. The second-order valence-electron chi connectivity index (χ2n) is 6.70. The topological polar surface area (TPSA) is 21.3 Å². The van der Waals surface area contributed by atoms with Crippen molar-refractivity contribution in [2.75, 3.05) is 6.61 Å². The molecular formula is C18H26BrNO. The Labute approximate surface area is 136 Å². The Hall–Kier alpha value is -0.540. The highest BCUT2D eigenvalue weighted by atomic mass is 79.9. The summed E-state index contributed by atoms with van der Waals surface area (Å²) in [6.07, 6.45) is 9.10. The molecule has 0 aromatic heterocycles. The summed E-state index contributed by atoms with van der Waals surface area (Å²) in [7, 11) is 0. The Morgan fingerprint density at radius 3 is 2.90 bits per heavy atom. The first-order valence-electron chi connectivity index (χ1n) is 8.40. The Morgan fingerprint density at radius 1 is 1.10 bits per heavy atom. The van der Waals surface area contributed by atoms with E-state index in [1.165, 1.54) is 44.1 Å². The van der Waals surface area contributed by atoms with Gasteiger partial charge in [0.1, 0.15) is 5.75 Å². The first kappa shape index (κ1) is 15.4. The van der Waals surface area contributed by atoms with Gasteiger partial charge in [-0.1, -0.05) is 41.8 Å². The summed E-state index contributed by atoms with van der Waals surface area (Å²) in [5.41, 5.74) is 1.34. The van der Waals surface area contributed by atoms with Crippen LogP contribution in [-0.2, 0) is 0 Å². The number of hydrogen-bond donors (Lipinski definition) is 1.